The van der Waals surface area contributed by atoms with Crippen LogP contribution in [0.25, 0.3) is 0 Å². The minimum atomic E-state index is -2.84. The molecule has 88 valence electrons. The maximum Gasteiger partial charge on any atom is 0.150 e. The number of nitrogens with zero attached hydrogens (tertiary/aromatic N) is 2. The van der Waals surface area contributed by atoms with Gasteiger partial charge in [0.25, 0.3) is 0 Å². The van der Waals surface area contributed by atoms with Gasteiger partial charge in [-0.1, -0.05) is 0 Å². The normalized spacial score (nSPS) is 24.1. The SMILES string of the molecule is Nc1cnnc(CC2CCCS(=O)(=O)C2)c1. The zero-order valence-electron chi connectivity index (χ0n) is 8.96. The second-order valence-corrected chi connectivity index (χ2v) is 6.54. The van der Waals surface area contributed by atoms with Crippen molar-refractivity contribution in [1.29, 1.82) is 0 Å². The lowest BCUT2D eigenvalue weighted by Crippen LogP contribution is -2.26. The highest BCUT2D eigenvalue weighted by molar-refractivity contribution is 7.91. The molecule has 6 heteroatoms. The summed E-state index contributed by atoms with van der Waals surface area (Å²) in [5.74, 6) is 0.755. The van der Waals surface area contributed by atoms with E-state index in [2.05, 4.69) is 10.2 Å². The van der Waals surface area contributed by atoms with Gasteiger partial charge in [0.2, 0.25) is 0 Å². The van der Waals surface area contributed by atoms with Gasteiger partial charge in [-0.25, -0.2) is 8.42 Å². The summed E-state index contributed by atoms with van der Waals surface area (Å²) in [5.41, 5.74) is 6.95. The van der Waals surface area contributed by atoms with Crippen LogP contribution in [0.3, 0.4) is 0 Å². The molecule has 1 unspecified atom stereocenters. The summed E-state index contributed by atoms with van der Waals surface area (Å²) in [6.07, 6.45) is 3.83. The van der Waals surface area contributed by atoms with Gasteiger partial charge in [0.05, 0.1) is 29.1 Å². The molecule has 2 rings (SSSR count). The fraction of sp³-hybridized carbons (Fsp3) is 0.600. The van der Waals surface area contributed by atoms with Gasteiger partial charge in [-0.15, -0.1) is 0 Å². The van der Waals surface area contributed by atoms with E-state index in [1.54, 1.807) is 6.07 Å². The fourth-order valence-corrected chi connectivity index (χ4v) is 3.88. The van der Waals surface area contributed by atoms with E-state index in [1.165, 1.54) is 6.20 Å². The van der Waals surface area contributed by atoms with Crippen LogP contribution in [0.4, 0.5) is 5.69 Å². The summed E-state index contributed by atoms with van der Waals surface area (Å²) in [7, 11) is -2.84. The quantitative estimate of drug-likeness (QED) is 0.811. The number of rotatable bonds is 2. The number of nitrogen functional groups attached to an aromatic ring is 1. The molecule has 5 nitrogen and oxygen atoms in total. The molecule has 1 aromatic rings. The lowest BCUT2D eigenvalue weighted by molar-refractivity contribution is 0.478. The van der Waals surface area contributed by atoms with E-state index in [9.17, 15) is 8.42 Å². The van der Waals surface area contributed by atoms with Crippen LogP contribution in [0.15, 0.2) is 12.3 Å². The molecule has 1 aliphatic rings. The fourth-order valence-electron chi connectivity index (χ4n) is 2.10. The first-order valence-corrected chi connectivity index (χ1v) is 7.15. The summed E-state index contributed by atoms with van der Waals surface area (Å²) in [4.78, 5) is 0. The molecule has 16 heavy (non-hydrogen) atoms. The summed E-state index contributed by atoms with van der Waals surface area (Å²) >= 11 is 0. The van der Waals surface area contributed by atoms with E-state index >= 15 is 0 Å². The van der Waals surface area contributed by atoms with Crippen molar-refractivity contribution in [2.24, 2.45) is 5.92 Å². The minimum Gasteiger partial charge on any atom is -0.397 e. The molecule has 0 aromatic carbocycles. The van der Waals surface area contributed by atoms with Gasteiger partial charge in [0, 0.05) is 0 Å². The van der Waals surface area contributed by atoms with Crippen LogP contribution in [-0.4, -0.2) is 30.1 Å². The van der Waals surface area contributed by atoms with Crippen molar-refractivity contribution in [2.75, 3.05) is 17.2 Å². The molecule has 1 saturated heterocycles. The van der Waals surface area contributed by atoms with Crippen molar-refractivity contribution in [2.45, 2.75) is 19.3 Å². The number of hydrogen-bond acceptors (Lipinski definition) is 5. The van der Waals surface area contributed by atoms with Crippen molar-refractivity contribution in [3.05, 3.63) is 18.0 Å². The Bertz CT molecular complexity index is 473. The van der Waals surface area contributed by atoms with Gasteiger partial charge in [-0.2, -0.15) is 10.2 Å². The molecule has 0 saturated carbocycles. The van der Waals surface area contributed by atoms with Crippen LogP contribution in [0.5, 0.6) is 0 Å². The molecular weight excluding hydrogens is 226 g/mol. The molecule has 0 aliphatic carbocycles. The average molecular weight is 241 g/mol. The van der Waals surface area contributed by atoms with Gasteiger partial charge >= 0.3 is 0 Å². The van der Waals surface area contributed by atoms with Crippen LogP contribution < -0.4 is 5.73 Å². The van der Waals surface area contributed by atoms with Crippen LogP contribution in [-0.2, 0) is 16.3 Å². The third-order valence-corrected chi connectivity index (χ3v) is 4.67. The number of aromatic nitrogens is 2. The molecular formula is C10H15N3O2S. The zero-order valence-corrected chi connectivity index (χ0v) is 9.78. The monoisotopic (exact) mass is 241 g/mol. The Balaban J connectivity index is 2.05. The van der Waals surface area contributed by atoms with Crippen molar-refractivity contribution in [3.63, 3.8) is 0 Å². The maximum absolute atomic E-state index is 11.5. The summed E-state index contributed by atoms with van der Waals surface area (Å²) in [5, 5.41) is 7.72. The van der Waals surface area contributed by atoms with Gasteiger partial charge in [-0.3, -0.25) is 0 Å². The smallest absolute Gasteiger partial charge is 0.150 e. The standard InChI is InChI=1S/C10H15N3O2S/c11-9-5-10(13-12-6-9)4-8-2-1-3-16(14,15)7-8/h5-6,8H,1-4,7H2,(H2,11,13). The second kappa shape index (κ2) is 4.37. The lowest BCUT2D eigenvalue weighted by Gasteiger charge is -2.21. The van der Waals surface area contributed by atoms with Crippen molar-refractivity contribution >= 4 is 15.5 Å². The summed E-state index contributed by atoms with van der Waals surface area (Å²) in [6.45, 7) is 0. The van der Waals surface area contributed by atoms with E-state index in [4.69, 9.17) is 5.73 Å². The predicted octanol–water partition coefficient (Wildman–Crippen LogP) is 0.426. The Morgan fingerprint density at radius 2 is 2.31 bits per heavy atom. The number of hydrogen-bond donors (Lipinski definition) is 1. The highest BCUT2D eigenvalue weighted by Gasteiger charge is 2.25. The Morgan fingerprint density at radius 1 is 1.50 bits per heavy atom. The Labute approximate surface area is 95.0 Å². The zero-order chi connectivity index (χ0) is 11.6. The number of sulfone groups is 1. The maximum atomic E-state index is 11.5. The predicted molar refractivity (Wildman–Crippen MR) is 61.5 cm³/mol. The molecule has 1 atom stereocenters. The first-order valence-electron chi connectivity index (χ1n) is 5.33. The third-order valence-electron chi connectivity index (χ3n) is 2.78. The van der Waals surface area contributed by atoms with Gasteiger partial charge in [0.1, 0.15) is 0 Å². The van der Waals surface area contributed by atoms with Crippen molar-refractivity contribution in [3.8, 4) is 0 Å². The molecule has 0 amide bonds. The Morgan fingerprint density at radius 3 is 3.00 bits per heavy atom. The first-order chi connectivity index (χ1) is 7.55. The van der Waals surface area contributed by atoms with Gasteiger partial charge in [0.15, 0.2) is 9.84 Å². The van der Waals surface area contributed by atoms with E-state index in [0.29, 0.717) is 17.9 Å². The van der Waals surface area contributed by atoms with Crippen LogP contribution in [0, 0.1) is 5.92 Å². The second-order valence-electron chi connectivity index (χ2n) is 4.31. The molecule has 0 spiro atoms. The first kappa shape index (κ1) is 11.3. The van der Waals surface area contributed by atoms with Crippen LogP contribution >= 0.6 is 0 Å². The number of nitrogens with two attached hydrogens (primary N) is 1. The van der Waals surface area contributed by atoms with E-state index in [1.807, 2.05) is 0 Å². The molecule has 0 bridgehead atoms. The molecule has 2 N–H and O–H groups in total. The van der Waals surface area contributed by atoms with Crippen molar-refractivity contribution in [1.82, 2.24) is 10.2 Å². The average Bonchev–Trinajstić information content (AvgIpc) is 2.15. The highest BCUT2D eigenvalue weighted by Crippen LogP contribution is 2.21. The van der Waals surface area contributed by atoms with Gasteiger partial charge < -0.3 is 5.73 Å². The number of anilines is 1. The Hall–Kier alpha value is -1.17. The van der Waals surface area contributed by atoms with Crippen LogP contribution in [0.1, 0.15) is 18.5 Å². The minimum absolute atomic E-state index is 0.162. The van der Waals surface area contributed by atoms with Crippen LogP contribution in [0.2, 0.25) is 0 Å². The molecule has 1 aromatic heterocycles. The largest absolute Gasteiger partial charge is 0.397 e. The summed E-state index contributed by atoms with van der Waals surface area (Å²) < 4.78 is 22.9. The molecule has 0 radical (unpaired) electrons. The molecule has 1 fully saturated rings. The van der Waals surface area contributed by atoms with E-state index < -0.39 is 9.84 Å². The summed E-state index contributed by atoms with van der Waals surface area (Å²) in [6, 6.07) is 1.76. The Kier molecular flexibility index (Phi) is 3.09. The topological polar surface area (TPSA) is 85.9 Å². The lowest BCUT2D eigenvalue weighted by atomic mass is 9.99. The highest BCUT2D eigenvalue weighted by atomic mass is 32.2. The van der Waals surface area contributed by atoms with Crippen molar-refractivity contribution < 1.29 is 8.42 Å². The molecule has 1 aliphatic heterocycles. The third kappa shape index (κ3) is 2.91. The van der Waals surface area contributed by atoms with E-state index in [-0.39, 0.29) is 11.7 Å². The van der Waals surface area contributed by atoms with Gasteiger partial charge in [-0.05, 0) is 31.2 Å². The van der Waals surface area contributed by atoms with E-state index in [0.717, 1.165) is 18.5 Å². The molecule has 2 heterocycles.